The third-order valence-electron chi connectivity index (χ3n) is 8.06. The number of piperidine rings is 1. The Labute approximate surface area is 243 Å². The largest absolute Gasteiger partial charge is 0.350 e. The number of nitrogens with zero attached hydrogens (tertiary/aromatic N) is 7. The number of pyridine rings is 2. The van der Waals surface area contributed by atoms with Crippen molar-refractivity contribution >= 4 is 50.2 Å². The molecule has 12 nitrogen and oxygen atoms in total. The van der Waals surface area contributed by atoms with E-state index < -0.39 is 6.04 Å². The Morgan fingerprint density at radius 2 is 1.98 bits per heavy atom. The zero-order valence-electron chi connectivity index (χ0n) is 22.9. The molecular weight excluding hydrogens is 592 g/mol. The Balaban J connectivity index is 1.29. The highest BCUT2D eigenvalue weighted by Crippen LogP contribution is 2.59. The van der Waals surface area contributed by atoms with Crippen LogP contribution in [0.3, 0.4) is 0 Å². The second-order valence-corrected chi connectivity index (χ2v) is 11.9. The Bertz CT molecular complexity index is 1770. The van der Waals surface area contributed by atoms with E-state index in [1.54, 1.807) is 36.4 Å². The van der Waals surface area contributed by atoms with Crippen molar-refractivity contribution in [1.29, 1.82) is 0 Å². The summed E-state index contributed by atoms with van der Waals surface area (Å²) in [6.07, 6.45) is 6.00. The summed E-state index contributed by atoms with van der Waals surface area (Å²) in [5, 5.41) is 17.9. The predicted octanol–water partition coefficient (Wildman–Crippen LogP) is 3.01. The van der Waals surface area contributed by atoms with Gasteiger partial charge >= 0.3 is 5.82 Å². The van der Waals surface area contributed by atoms with Gasteiger partial charge in [0.15, 0.2) is 12.0 Å². The maximum absolute atomic E-state index is 13.8. The lowest BCUT2D eigenvalue weighted by atomic mass is 10.0. The summed E-state index contributed by atoms with van der Waals surface area (Å²) in [6, 6.07) is 4.66. The summed E-state index contributed by atoms with van der Waals surface area (Å²) in [5.74, 6) is 0.0540. The summed E-state index contributed by atoms with van der Waals surface area (Å²) in [6.45, 7) is 6.87. The van der Waals surface area contributed by atoms with E-state index >= 15 is 0 Å². The van der Waals surface area contributed by atoms with Gasteiger partial charge in [-0.1, -0.05) is 22.7 Å². The van der Waals surface area contributed by atoms with Crippen molar-refractivity contribution in [2.24, 2.45) is 5.41 Å². The third kappa shape index (κ3) is 4.73. The molecule has 1 saturated carbocycles. The fraction of sp³-hybridized carbons (Fsp3) is 0.357. The summed E-state index contributed by atoms with van der Waals surface area (Å²) in [4.78, 5) is 54.4. The zero-order valence-corrected chi connectivity index (χ0v) is 24.5. The van der Waals surface area contributed by atoms with Gasteiger partial charge in [-0.2, -0.15) is 5.10 Å². The molecule has 1 aliphatic carbocycles. The Morgan fingerprint density at radius 1 is 1.20 bits per heavy atom. The highest BCUT2D eigenvalue weighted by molar-refractivity contribution is 9.10. The first kappa shape index (κ1) is 26.9. The second kappa shape index (κ2) is 9.68. The van der Waals surface area contributed by atoms with Crippen molar-refractivity contribution in [3.8, 4) is 11.3 Å². The van der Waals surface area contributed by atoms with Gasteiger partial charge in [-0.05, 0) is 58.8 Å². The van der Waals surface area contributed by atoms with E-state index in [-0.39, 0.29) is 41.3 Å². The minimum Gasteiger partial charge on any atom is -0.350 e. The number of carbonyl (C=O) groups excluding carboxylic acids is 3. The molecule has 4 aromatic rings. The van der Waals surface area contributed by atoms with E-state index in [4.69, 9.17) is 0 Å². The van der Waals surface area contributed by atoms with Crippen molar-refractivity contribution in [3.63, 3.8) is 0 Å². The molecule has 2 fully saturated rings. The molecule has 41 heavy (non-hydrogen) atoms. The van der Waals surface area contributed by atoms with Crippen LogP contribution in [0.4, 0.5) is 5.82 Å². The molecule has 210 valence electrons. The normalized spacial score (nSPS) is 21.1. The van der Waals surface area contributed by atoms with E-state index in [2.05, 4.69) is 48.2 Å². The zero-order chi connectivity index (χ0) is 29.2. The molecule has 2 amide bonds. The van der Waals surface area contributed by atoms with Crippen molar-refractivity contribution in [3.05, 3.63) is 58.5 Å². The van der Waals surface area contributed by atoms with Crippen LogP contribution in [-0.4, -0.2) is 64.5 Å². The Morgan fingerprint density at radius 3 is 2.71 bits per heavy atom. The molecule has 0 aromatic carbocycles. The minimum atomic E-state index is -0.649. The molecule has 0 spiro atoms. The molecule has 0 unspecified atom stereocenters. The number of anilines is 1. The molecule has 1 aliphatic heterocycles. The van der Waals surface area contributed by atoms with E-state index in [1.807, 2.05) is 13.0 Å². The number of ketones is 1. The van der Waals surface area contributed by atoms with Crippen molar-refractivity contribution in [2.45, 2.75) is 59.2 Å². The molecule has 2 aliphatic rings. The fourth-order valence-corrected chi connectivity index (χ4v) is 5.93. The van der Waals surface area contributed by atoms with Gasteiger partial charge in [0.2, 0.25) is 11.8 Å². The van der Waals surface area contributed by atoms with Gasteiger partial charge in [0.05, 0.1) is 23.0 Å². The lowest BCUT2D eigenvalue weighted by Crippen LogP contribution is -2.47. The van der Waals surface area contributed by atoms with Gasteiger partial charge in [0.1, 0.15) is 34.9 Å². The Hall–Kier alpha value is -4.26. The maximum Gasteiger partial charge on any atom is 0.333 e. The summed E-state index contributed by atoms with van der Waals surface area (Å²) < 4.78 is 2.97. The number of fused-ring (bicyclic) bond motifs is 2. The number of halogens is 1. The van der Waals surface area contributed by atoms with Crippen molar-refractivity contribution in [1.82, 2.24) is 29.6 Å². The van der Waals surface area contributed by atoms with Crippen molar-refractivity contribution in [2.75, 3.05) is 5.32 Å². The number of amides is 2. The average Bonchev–Trinajstić information content (AvgIpc) is 3.29. The molecule has 3 atom stereocenters. The van der Waals surface area contributed by atoms with Crippen LogP contribution in [0.2, 0.25) is 0 Å². The van der Waals surface area contributed by atoms with Gasteiger partial charge in [-0.15, -0.1) is 0 Å². The summed E-state index contributed by atoms with van der Waals surface area (Å²) in [5.41, 5.74) is 2.45. The number of likely N-dealkylation sites (tertiary alicyclic amines) is 1. The molecule has 2 N–H and O–H groups in total. The second-order valence-electron chi connectivity index (χ2n) is 11.1. The quantitative estimate of drug-likeness (QED) is 0.145. The number of aryl methyl sites for hydroxylation is 2. The van der Waals surface area contributed by atoms with Crippen LogP contribution in [0.15, 0.2) is 41.4 Å². The molecule has 6 rings (SSSR count). The van der Waals surface area contributed by atoms with Crippen LogP contribution in [0.1, 0.15) is 48.6 Å². The number of nitrogens with one attached hydrogen (secondary N) is 1. The molecule has 0 bridgehead atoms. The smallest absolute Gasteiger partial charge is 0.333 e. The SMILES string of the molecule is CC(=O)c1nn(CC(=O)N2[C@H](C(=O)Nc3nc(Br)ccc3C)C[C@@]3(C)C[C@@H]23)c2cnc(-c3cnc(C)[n+](O)c3)cc12. The number of hydrogen-bond acceptors (Lipinski definition) is 8. The van der Waals surface area contributed by atoms with Crippen LogP contribution < -0.4 is 10.0 Å². The first-order valence-corrected chi connectivity index (χ1v) is 13.9. The fourth-order valence-electron chi connectivity index (χ4n) is 5.62. The van der Waals surface area contributed by atoms with Crippen LogP contribution in [-0.2, 0) is 16.1 Å². The molecular formula is C28H28BrN8O4+. The van der Waals surface area contributed by atoms with Gasteiger partial charge in [0, 0.05) is 25.3 Å². The molecule has 0 radical (unpaired) electrons. The number of Topliss-reactive ketones (excluding diaryl/α,β-unsaturated/α-hetero) is 1. The van der Waals surface area contributed by atoms with Gasteiger partial charge in [0.25, 0.3) is 0 Å². The van der Waals surface area contributed by atoms with Crippen LogP contribution in [0, 0.1) is 19.3 Å². The summed E-state index contributed by atoms with van der Waals surface area (Å²) in [7, 11) is 0. The van der Waals surface area contributed by atoms with E-state index in [0.29, 0.717) is 44.8 Å². The van der Waals surface area contributed by atoms with E-state index in [1.165, 1.54) is 17.8 Å². The van der Waals surface area contributed by atoms with Gasteiger partial charge in [-0.25, -0.2) is 4.98 Å². The molecule has 5 heterocycles. The monoisotopic (exact) mass is 619 g/mol. The number of aromatic nitrogens is 6. The maximum atomic E-state index is 13.8. The van der Waals surface area contributed by atoms with Crippen LogP contribution >= 0.6 is 15.9 Å². The minimum absolute atomic E-state index is 0.0413. The first-order valence-electron chi connectivity index (χ1n) is 13.2. The molecule has 4 aromatic heterocycles. The first-order chi connectivity index (χ1) is 19.4. The predicted molar refractivity (Wildman–Crippen MR) is 150 cm³/mol. The van der Waals surface area contributed by atoms with E-state index in [9.17, 15) is 19.6 Å². The van der Waals surface area contributed by atoms with Crippen LogP contribution in [0.25, 0.3) is 22.2 Å². The highest BCUT2D eigenvalue weighted by Gasteiger charge is 2.64. The lowest BCUT2D eigenvalue weighted by Gasteiger charge is -2.27. The Kier molecular flexibility index (Phi) is 6.36. The number of hydrogen-bond donors (Lipinski definition) is 2. The topological polar surface area (TPSA) is 147 Å². The van der Waals surface area contributed by atoms with Gasteiger partial charge in [-0.3, -0.25) is 24.0 Å². The lowest BCUT2D eigenvalue weighted by molar-refractivity contribution is -0.910. The highest BCUT2D eigenvalue weighted by atomic mass is 79.9. The molecule has 1 saturated heterocycles. The number of rotatable bonds is 6. The summed E-state index contributed by atoms with van der Waals surface area (Å²) >= 11 is 3.34. The standard InChI is InChI=1S/C28H27BrN8O4/c1-14-5-6-23(29)32-26(14)33-27(40)20-8-28(4)9-22(28)37(20)24(39)13-35-21-11-31-19(7-18(21)25(34-35)15(2)38)17-10-30-16(3)36(41)12-17/h5-7,10-12,20,22H,8-9,13H2,1-4H3,(H-,32,33,40,41)/p+1/t20-,22+,28-/m0/s1. The van der Waals surface area contributed by atoms with Gasteiger partial charge < -0.3 is 15.4 Å². The number of carbonyl (C=O) groups is 3. The molecule has 13 heteroatoms. The van der Waals surface area contributed by atoms with E-state index in [0.717, 1.165) is 16.7 Å². The third-order valence-corrected chi connectivity index (χ3v) is 8.51. The average molecular weight is 620 g/mol. The van der Waals surface area contributed by atoms with Crippen LogP contribution in [0.5, 0.6) is 0 Å². The van der Waals surface area contributed by atoms with Crippen molar-refractivity contribution < 1.29 is 24.3 Å².